The summed E-state index contributed by atoms with van der Waals surface area (Å²) in [6, 6.07) is 0. The number of hydrogen-bond acceptors (Lipinski definition) is 5. The minimum atomic E-state index is -0.257. The molecule has 0 aliphatic carbocycles. The molecule has 0 fully saturated rings. The highest BCUT2D eigenvalue weighted by Gasteiger charge is 2.16. The molecule has 1 aromatic rings. The highest BCUT2D eigenvalue weighted by molar-refractivity contribution is 8.00. The number of esters is 1. The van der Waals surface area contributed by atoms with Crippen molar-refractivity contribution in [2.45, 2.75) is 24.3 Å². The van der Waals surface area contributed by atoms with Crippen molar-refractivity contribution in [3.8, 4) is 0 Å². The molecule has 0 spiro atoms. The molecule has 1 N–H and O–H groups in total. The lowest BCUT2D eigenvalue weighted by Gasteiger charge is -2.06. The number of carbonyl (C=O) groups excluding carboxylic acids is 1. The highest BCUT2D eigenvalue weighted by atomic mass is 32.2. The summed E-state index contributed by atoms with van der Waals surface area (Å²) in [5.74, 6) is -0.232. The van der Waals surface area contributed by atoms with Crippen molar-refractivity contribution in [2.24, 2.45) is 0 Å². The van der Waals surface area contributed by atoms with Crippen molar-refractivity contribution < 1.29 is 9.53 Å². The molecule has 1 heterocycles. The molecule has 1 unspecified atom stereocenters. The summed E-state index contributed by atoms with van der Waals surface area (Å²) in [6.45, 7) is 3.95. The predicted molar refractivity (Wildman–Crippen MR) is 48.3 cm³/mol. The Morgan fingerprint density at radius 2 is 2.62 bits per heavy atom. The van der Waals surface area contributed by atoms with Crippen LogP contribution in [0.3, 0.4) is 0 Å². The van der Waals surface area contributed by atoms with Gasteiger partial charge in [-0.15, -0.1) is 0 Å². The maximum atomic E-state index is 11.2. The van der Waals surface area contributed by atoms with E-state index in [2.05, 4.69) is 15.2 Å². The van der Waals surface area contributed by atoms with E-state index >= 15 is 0 Å². The molecule has 0 saturated carbocycles. The number of aromatic amines is 1. The molecule has 0 aromatic carbocycles. The molecule has 1 aromatic heterocycles. The first kappa shape index (κ1) is 10.0. The Kier molecular flexibility index (Phi) is 3.75. The highest BCUT2D eigenvalue weighted by Crippen LogP contribution is 2.18. The molecule has 0 aliphatic heterocycles. The van der Waals surface area contributed by atoms with Gasteiger partial charge >= 0.3 is 5.97 Å². The summed E-state index contributed by atoms with van der Waals surface area (Å²) in [5, 5.41) is 6.70. The van der Waals surface area contributed by atoms with Crippen molar-refractivity contribution in [3.63, 3.8) is 0 Å². The zero-order valence-electron chi connectivity index (χ0n) is 7.48. The first-order valence-electron chi connectivity index (χ1n) is 3.92. The summed E-state index contributed by atoms with van der Waals surface area (Å²) in [4.78, 5) is 15.1. The first-order chi connectivity index (χ1) is 6.24. The van der Waals surface area contributed by atoms with Crippen LogP contribution in [0.1, 0.15) is 13.8 Å². The summed E-state index contributed by atoms with van der Waals surface area (Å²) < 4.78 is 4.83. The number of ether oxygens (including phenoxy) is 1. The second kappa shape index (κ2) is 4.86. The van der Waals surface area contributed by atoms with E-state index in [9.17, 15) is 4.79 Å². The van der Waals surface area contributed by atoms with Crippen LogP contribution in [-0.2, 0) is 9.53 Å². The Balaban J connectivity index is 2.41. The van der Waals surface area contributed by atoms with E-state index < -0.39 is 0 Å². The van der Waals surface area contributed by atoms with Gasteiger partial charge in [-0.3, -0.25) is 9.89 Å². The molecule has 0 saturated heterocycles. The van der Waals surface area contributed by atoms with Gasteiger partial charge in [0.15, 0.2) is 5.16 Å². The summed E-state index contributed by atoms with van der Waals surface area (Å²) >= 11 is 1.29. The van der Waals surface area contributed by atoms with Gasteiger partial charge in [0.25, 0.3) is 0 Å². The number of rotatable bonds is 4. The van der Waals surface area contributed by atoms with Crippen LogP contribution in [0.5, 0.6) is 0 Å². The Bertz CT molecular complexity index is 263. The van der Waals surface area contributed by atoms with Gasteiger partial charge < -0.3 is 4.74 Å². The second-order valence-electron chi connectivity index (χ2n) is 2.30. The average Bonchev–Trinajstić information content (AvgIpc) is 2.57. The van der Waals surface area contributed by atoms with Gasteiger partial charge in [-0.2, -0.15) is 5.10 Å². The van der Waals surface area contributed by atoms with Crippen LogP contribution in [0.2, 0.25) is 0 Å². The lowest BCUT2D eigenvalue weighted by Crippen LogP contribution is -2.16. The fourth-order valence-corrected chi connectivity index (χ4v) is 1.44. The van der Waals surface area contributed by atoms with Gasteiger partial charge in [0.2, 0.25) is 0 Å². The fraction of sp³-hybridized carbons (Fsp3) is 0.571. The molecule has 1 atom stereocenters. The van der Waals surface area contributed by atoms with Gasteiger partial charge in [-0.05, 0) is 13.8 Å². The fourth-order valence-electron chi connectivity index (χ4n) is 0.726. The maximum absolute atomic E-state index is 11.2. The summed E-state index contributed by atoms with van der Waals surface area (Å²) in [5.41, 5.74) is 0. The van der Waals surface area contributed by atoms with Gasteiger partial charge in [-0.1, -0.05) is 11.8 Å². The quantitative estimate of drug-likeness (QED) is 0.577. The molecule has 0 amide bonds. The molecule has 6 heteroatoms. The third kappa shape index (κ3) is 3.06. The maximum Gasteiger partial charge on any atom is 0.319 e. The smallest absolute Gasteiger partial charge is 0.319 e. The van der Waals surface area contributed by atoms with E-state index in [0.29, 0.717) is 11.8 Å². The number of hydrogen-bond donors (Lipinski definition) is 1. The lowest BCUT2D eigenvalue weighted by atomic mass is 10.5. The minimum Gasteiger partial charge on any atom is -0.465 e. The van der Waals surface area contributed by atoms with Crippen LogP contribution in [0, 0.1) is 0 Å². The number of thioether (sulfide) groups is 1. The van der Waals surface area contributed by atoms with Crippen LogP contribution < -0.4 is 0 Å². The van der Waals surface area contributed by atoms with Crippen LogP contribution in [0.25, 0.3) is 0 Å². The van der Waals surface area contributed by atoms with Crippen molar-refractivity contribution >= 4 is 17.7 Å². The molecular formula is C7H11N3O2S. The number of nitrogens with one attached hydrogen (secondary N) is 1. The molecule has 72 valence electrons. The summed E-state index contributed by atoms with van der Waals surface area (Å²) in [6.07, 6.45) is 1.40. The Morgan fingerprint density at radius 3 is 3.15 bits per heavy atom. The van der Waals surface area contributed by atoms with Gasteiger partial charge in [0.1, 0.15) is 11.6 Å². The topological polar surface area (TPSA) is 67.9 Å². The molecule has 0 radical (unpaired) electrons. The van der Waals surface area contributed by atoms with Crippen LogP contribution in [0.4, 0.5) is 0 Å². The Hall–Kier alpha value is -1.04. The number of H-pyrrole nitrogens is 1. The normalized spacial score (nSPS) is 12.5. The monoisotopic (exact) mass is 201 g/mol. The lowest BCUT2D eigenvalue weighted by molar-refractivity contribution is -0.142. The summed E-state index contributed by atoms with van der Waals surface area (Å²) in [7, 11) is 0. The van der Waals surface area contributed by atoms with Gasteiger partial charge in [0.05, 0.1) is 6.61 Å². The van der Waals surface area contributed by atoms with Crippen molar-refractivity contribution in [2.75, 3.05) is 6.61 Å². The predicted octanol–water partition coefficient (Wildman–Crippen LogP) is 0.848. The van der Waals surface area contributed by atoms with E-state index in [0.717, 1.165) is 0 Å². The van der Waals surface area contributed by atoms with Crippen LogP contribution in [0.15, 0.2) is 11.5 Å². The third-order valence-electron chi connectivity index (χ3n) is 1.30. The van der Waals surface area contributed by atoms with E-state index in [1.807, 2.05) is 0 Å². The molecular weight excluding hydrogens is 190 g/mol. The first-order valence-corrected chi connectivity index (χ1v) is 4.80. The molecule has 1 rings (SSSR count). The van der Waals surface area contributed by atoms with Gasteiger partial charge in [-0.25, -0.2) is 4.98 Å². The number of aromatic nitrogens is 3. The molecule has 0 bridgehead atoms. The van der Waals surface area contributed by atoms with Gasteiger partial charge in [0, 0.05) is 0 Å². The zero-order valence-corrected chi connectivity index (χ0v) is 8.30. The van der Waals surface area contributed by atoms with Crippen molar-refractivity contribution in [1.82, 2.24) is 15.2 Å². The van der Waals surface area contributed by atoms with Crippen molar-refractivity contribution in [3.05, 3.63) is 6.33 Å². The second-order valence-corrected chi connectivity index (χ2v) is 3.63. The number of nitrogens with zero attached hydrogens (tertiary/aromatic N) is 2. The van der Waals surface area contributed by atoms with E-state index in [1.165, 1.54) is 18.1 Å². The molecule has 5 nitrogen and oxygen atoms in total. The SMILES string of the molecule is CCOC(=O)C(C)Sc1ncn[nH]1. The standard InChI is InChI=1S/C7H11N3O2S/c1-3-12-6(11)5(2)13-7-8-4-9-10-7/h4-5H,3H2,1-2H3,(H,8,9,10). The molecule has 13 heavy (non-hydrogen) atoms. The third-order valence-corrected chi connectivity index (χ3v) is 2.27. The largest absolute Gasteiger partial charge is 0.465 e. The number of carbonyl (C=O) groups is 1. The van der Waals surface area contributed by atoms with E-state index in [-0.39, 0.29) is 11.2 Å². The average molecular weight is 201 g/mol. The van der Waals surface area contributed by atoms with Crippen molar-refractivity contribution in [1.29, 1.82) is 0 Å². The van der Waals surface area contributed by atoms with Crippen LogP contribution >= 0.6 is 11.8 Å². The Morgan fingerprint density at radius 1 is 1.85 bits per heavy atom. The van der Waals surface area contributed by atoms with E-state index in [1.54, 1.807) is 13.8 Å². The van der Waals surface area contributed by atoms with Crippen LogP contribution in [-0.4, -0.2) is 33.0 Å². The van der Waals surface area contributed by atoms with E-state index in [4.69, 9.17) is 4.74 Å². The molecule has 0 aliphatic rings. The zero-order chi connectivity index (χ0) is 9.68. The minimum absolute atomic E-state index is 0.232. The Labute approximate surface area is 80.3 Å².